The molecule has 2 aromatic carbocycles. The Labute approximate surface area is 135 Å². The number of tetrazole rings is 1. The quantitative estimate of drug-likeness (QED) is 0.783. The molecule has 5 nitrogen and oxygen atoms in total. The van der Waals surface area contributed by atoms with Crippen molar-refractivity contribution >= 4 is 23.2 Å². The molecule has 0 spiro atoms. The normalized spacial score (nSPS) is 10.7. The van der Waals surface area contributed by atoms with Gasteiger partial charge in [0.15, 0.2) is 5.75 Å². The molecule has 0 radical (unpaired) electrons. The molecule has 0 amide bonds. The summed E-state index contributed by atoms with van der Waals surface area (Å²) in [5.74, 6) is 0.429. The van der Waals surface area contributed by atoms with Crippen LogP contribution in [0.1, 0.15) is 5.56 Å². The van der Waals surface area contributed by atoms with Crippen molar-refractivity contribution < 1.29 is 9.13 Å². The minimum Gasteiger partial charge on any atom is -0.486 e. The fourth-order valence-electron chi connectivity index (χ4n) is 1.85. The summed E-state index contributed by atoms with van der Waals surface area (Å²) in [5, 5.41) is 14.2. The van der Waals surface area contributed by atoms with Gasteiger partial charge >= 0.3 is 0 Å². The number of benzene rings is 2. The largest absolute Gasteiger partial charge is 0.486 e. The summed E-state index contributed by atoms with van der Waals surface area (Å²) < 4.78 is 18.5. The Morgan fingerprint density at radius 1 is 1.09 bits per heavy atom. The van der Waals surface area contributed by atoms with Crippen LogP contribution in [-0.2, 0) is 6.61 Å². The monoisotopic (exact) mass is 338 g/mol. The van der Waals surface area contributed by atoms with Gasteiger partial charge < -0.3 is 4.74 Å². The number of rotatable bonds is 4. The minimum absolute atomic E-state index is 0.223. The average molecular weight is 339 g/mol. The third-order valence-corrected chi connectivity index (χ3v) is 3.46. The summed E-state index contributed by atoms with van der Waals surface area (Å²) in [6.45, 7) is 0.223. The Bertz CT molecular complexity index is 755. The molecule has 3 aromatic rings. The fraction of sp³-hybridized carbons (Fsp3) is 0.0714. The van der Waals surface area contributed by atoms with Crippen molar-refractivity contribution in [3.05, 3.63) is 57.8 Å². The van der Waals surface area contributed by atoms with Gasteiger partial charge in [0.05, 0.1) is 10.0 Å². The fourth-order valence-corrected chi connectivity index (χ4v) is 2.44. The van der Waals surface area contributed by atoms with Gasteiger partial charge in [0.2, 0.25) is 5.82 Å². The molecule has 0 aliphatic heterocycles. The molecule has 8 heteroatoms. The van der Waals surface area contributed by atoms with E-state index in [4.69, 9.17) is 27.9 Å². The van der Waals surface area contributed by atoms with E-state index in [2.05, 4.69) is 20.6 Å². The third kappa shape index (κ3) is 3.18. The number of nitrogens with zero attached hydrogens (tertiary/aromatic N) is 3. The van der Waals surface area contributed by atoms with E-state index in [0.29, 0.717) is 27.2 Å². The van der Waals surface area contributed by atoms with E-state index in [1.54, 1.807) is 24.3 Å². The summed E-state index contributed by atoms with van der Waals surface area (Å²) >= 11 is 12.4. The first-order chi connectivity index (χ1) is 10.6. The number of hydrogen-bond donors (Lipinski definition) is 1. The molecule has 1 heterocycles. The summed E-state index contributed by atoms with van der Waals surface area (Å²) in [7, 11) is 0. The molecule has 0 aliphatic carbocycles. The first kappa shape index (κ1) is 14.7. The Morgan fingerprint density at radius 3 is 2.36 bits per heavy atom. The predicted molar refractivity (Wildman–Crippen MR) is 80.4 cm³/mol. The van der Waals surface area contributed by atoms with Crippen molar-refractivity contribution in [1.82, 2.24) is 20.6 Å². The Hall–Kier alpha value is -2.18. The maximum Gasteiger partial charge on any atom is 0.204 e. The first-order valence-electron chi connectivity index (χ1n) is 6.23. The molecular weight excluding hydrogens is 330 g/mol. The second kappa shape index (κ2) is 6.29. The van der Waals surface area contributed by atoms with E-state index in [-0.39, 0.29) is 12.4 Å². The van der Waals surface area contributed by atoms with E-state index >= 15 is 0 Å². The zero-order valence-electron chi connectivity index (χ0n) is 11.1. The lowest BCUT2D eigenvalue weighted by atomic mass is 10.2. The molecule has 0 atom stereocenters. The van der Waals surface area contributed by atoms with Crippen LogP contribution in [0.15, 0.2) is 36.4 Å². The summed E-state index contributed by atoms with van der Waals surface area (Å²) in [6, 6.07) is 9.26. The van der Waals surface area contributed by atoms with Gasteiger partial charge in [-0.3, -0.25) is 0 Å². The van der Waals surface area contributed by atoms with E-state index in [9.17, 15) is 4.39 Å². The highest BCUT2D eigenvalue weighted by Gasteiger charge is 2.13. The van der Waals surface area contributed by atoms with Crippen LogP contribution in [0.3, 0.4) is 0 Å². The highest BCUT2D eigenvalue weighted by atomic mass is 35.5. The highest BCUT2D eigenvalue weighted by Crippen LogP contribution is 2.37. The molecule has 0 fully saturated rings. The number of aromatic nitrogens is 4. The molecule has 1 aromatic heterocycles. The lowest BCUT2D eigenvalue weighted by molar-refractivity contribution is 0.306. The van der Waals surface area contributed by atoms with Crippen molar-refractivity contribution in [2.45, 2.75) is 6.61 Å². The molecule has 0 unspecified atom stereocenters. The van der Waals surface area contributed by atoms with Crippen LogP contribution in [0.4, 0.5) is 4.39 Å². The minimum atomic E-state index is -0.302. The SMILES string of the molecule is Fc1ccc(COc2c(Cl)cc(-c3nn[nH]n3)cc2Cl)cc1. The van der Waals surface area contributed by atoms with Crippen LogP contribution < -0.4 is 4.74 Å². The molecule has 0 saturated carbocycles. The number of halogens is 3. The third-order valence-electron chi connectivity index (χ3n) is 2.90. The topological polar surface area (TPSA) is 63.7 Å². The van der Waals surface area contributed by atoms with Crippen molar-refractivity contribution in [2.24, 2.45) is 0 Å². The van der Waals surface area contributed by atoms with Gasteiger partial charge in [0.1, 0.15) is 12.4 Å². The van der Waals surface area contributed by atoms with Crippen LogP contribution in [0, 0.1) is 5.82 Å². The number of nitrogens with one attached hydrogen (secondary N) is 1. The van der Waals surface area contributed by atoms with Gasteiger partial charge in [-0.15, -0.1) is 10.2 Å². The summed E-state index contributed by atoms with van der Waals surface area (Å²) in [4.78, 5) is 0. The zero-order valence-corrected chi connectivity index (χ0v) is 12.6. The smallest absolute Gasteiger partial charge is 0.204 e. The van der Waals surface area contributed by atoms with Crippen LogP contribution >= 0.6 is 23.2 Å². The number of ether oxygens (including phenoxy) is 1. The lowest BCUT2D eigenvalue weighted by Crippen LogP contribution is -1.97. The maximum absolute atomic E-state index is 12.9. The summed E-state index contributed by atoms with van der Waals surface area (Å²) in [6.07, 6.45) is 0. The summed E-state index contributed by atoms with van der Waals surface area (Å²) in [5.41, 5.74) is 1.42. The lowest BCUT2D eigenvalue weighted by Gasteiger charge is -2.11. The van der Waals surface area contributed by atoms with Crippen molar-refractivity contribution in [3.8, 4) is 17.1 Å². The van der Waals surface area contributed by atoms with Crippen molar-refractivity contribution in [3.63, 3.8) is 0 Å². The standard InChI is InChI=1S/C14H9Cl2FN4O/c15-11-5-9(14-18-20-21-19-14)6-12(16)13(11)22-7-8-1-3-10(17)4-2-8/h1-6H,7H2,(H,18,19,20,21). The Kier molecular flexibility index (Phi) is 4.22. The number of H-pyrrole nitrogens is 1. The first-order valence-corrected chi connectivity index (χ1v) is 6.99. The van der Waals surface area contributed by atoms with E-state index in [0.717, 1.165) is 5.56 Å². The van der Waals surface area contributed by atoms with Crippen LogP contribution in [-0.4, -0.2) is 20.6 Å². The molecule has 1 N–H and O–H groups in total. The van der Waals surface area contributed by atoms with Crippen LogP contribution in [0.2, 0.25) is 10.0 Å². The highest BCUT2D eigenvalue weighted by molar-refractivity contribution is 6.37. The average Bonchev–Trinajstić information content (AvgIpc) is 3.02. The molecule has 22 heavy (non-hydrogen) atoms. The van der Waals surface area contributed by atoms with Gasteiger partial charge in [-0.2, -0.15) is 5.21 Å². The number of aromatic amines is 1. The van der Waals surface area contributed by atoms with Crippen molar-refractivity contribution in [2.75, 3.05) is 0 Å². The van der Waals surface area contributed by atoms with E-state index < -0.39 is 0 Å². The molecule has 0 bridgehead atoms. The molecule has 3 rings (SSSR count). The second-order valence-corrected chi connectivity index (χ2v) is 5.23. The Balaban J connectivity index is 1.80. The Morgan fingerprint density at radius 2 is 1.77 bits per heavy atom. The molecule has 0 aliphatic rings. The number of hydrogen-bond acceptors (Lipinski definition) is 4. The van der Waals surface area contributed by atoms with E-state index in [1.807, 2.05) is 0 Å². The second-order valence-electron chi connectivity index (χ2n) is 4.42. The van der Waals surface area contributed by atoms with Gasteiger partial charge in [0, 0.05) is 5.56 Å². The molecular formula is C14H9Cl2FN4O. The van der Waals surface area contributed by atoms with Gasteiger partial charge in [-0.05, 0) is 35.0 Å². The van der Waals surface area contributed by atoms with Gasteiger partial charge in [0.25, 0.3) is 0 Å². The zero-order chi connectivity index (χ0) is 15.5. The van der Waals surface area contributed by atoms with Gasteiger partial charge in [-0.1, -0.05) is 35.3 Å². The predicted octanol–water partition coefficient (Wildman–Crippen LogP) is 3.89. The molecule has 0 saturated heterocycles. The maximum atomic E-state index is 12.9. The van der Waals surface area contributed by atoms with E-state index in [1.165, 1.54) is 12.1 Å². The van der Waals surface area contributed by atoms with Crippen LogP contribution in [0.25, 0.3) is 11.4 Å². The van der Waals surface area contributed by atoms with Gasteiger partial charge in [-0.25, -0.2) is 4.39 Å². The van der Waals surface area contributed by atoms with Crippen molar-refractivity contribution in [1.29, 1.82) is 0 Å². The van der Waals surface area contributed by atoms with Crippen LogP contribution in [0.5, 0.6) is 5.75 Å². The molecule has 112 valence electrons.